The number of benzene rings is 1. The molecule has 5 heteroatoms. The summed E-state index contributed by atoms with van der Waals surface area (Å²) in [6, 6.07) is 6.39. The number of rotatable bonds is 7. The molecule has 1 rings (SSSR count). The van der Waals surface area contributed by atoms with Gasteiger partial charge in [-0.3, -0.25) is 4.79 Å². The highest BCUT2D eigenvalue weighted by Gasteiger charge is 2.12. The average Bonchev–Trinajstić information content (AvgIpc) is 2.34. The molecule has 0 aliphatic rings. The standard InChI is InChI=1S/C14H21FN2O.ClH/c1-3-16-7-8-17-14(18)11(2)9-12-5-4-6-13(15)10-12;/h4-6,10-11,16H,3,7-9H2,1-2H3,(H,17,18);1H. The number of carbonyl (C=O) groups is 1. The van der Waals surface area contributed by atoms with Crippen molar-refractivity contribution in [3.05, 3.63) is 35.6 Å². The third kappa shape index (κ3) is 7.13. The van der Waals surface area contributed by atoms with E-state index in [2.05, 4.69) is 10.6 Å². The Morgan fingerprint density at radius 1 is 1.37 bits per heavy atom. The van der Waals surface area contributed by atoms with Crippen LogP contribution < -0.4 is 10.6 Å². The Morgan fingerprint density at radius 2 is 2.11 bits per heavy atom. The molecule has 0 saturated carbocycles. The van der Waals surface area contributed by atoms with Gasteiger partial charge in [0.05, 0.1) is 0 Å². The van der Waals surface area contributed by atoms with Crippen LogP contribution in [0.15, 0.2) is 24.3 Å². The first-order valence-corrected chi connectivity index (χ1v) is 6.36. The Hall–Kier alpha value is -1.13. The van der Waals surface area contributed by atoms with E-state index in [0.717, 1.165) is 18.7 Å². The van der Waals surface area contributed by atoms with Crippen molar-refractivity contribution in [2.75, 3.05) is 19.6 Å². The molecule has 3 nitrogen and oxygen atoms in total. The fraction of sp³-hybridized carbons (Fsp3) is 0.500. The second kappa shape index (κ2) is 9.75. The Kier molecular flexibility index (Phi) is 9.17. The fourth-order valence-corrected chi connectivity index (χ4v) is 1.74. The summed E-state index contributed by atoms with van der Waals surface area (Å²) in [5.41, 5.74) is 0.851. The van der Waals surface area contributed by atoms with Gasteiger partial charge in [-0.1, -0.05) is 26.0 Å². The molecule has 0 aliphatic carbocycles. The van der Waals surface area contributed by atoms with Crippen LogP contribution in [0, 0.1) is 11.7 Å². The van der Waals surface area contributed by atoms with Crippen LogP contribution in [0.4, 0.5) is 4.39 Å². The van der Waals surface area contributed by atoms with E-state index in [1.54, 1.807) is 6.07 Å². The molecule has 0 aromatic heterocycles. The van der Waals surface area contributed by atoms with Crippen molar-refractivity contribution in [3.63, 3.8) is 0 Å². The minimum absolute atomic E-state index is 0. The van der Waals surface area contributed by atoms with Gasteiger partial charge < -0.3 is 10.6 Å². The molecular weight excluding hydrogens is 267 g/mol. The van der Waals surface area contributed by atoms with Gasteiger partial charge in [0.2, 0.25) is 5.91 Å². The fourth-order valence-electron chi connectivity index (χ4n) is 1.74. The first kappa shape index (κ1) is 17.9. The first-order valence-electron chi connectivity index (χ1n) is 6.36. The van der Waals surface area contributed by atoms with Crippen LogP contribution >= 0.6 is 12.4 Å². The maximum atomic E-state index is 13.0. The van der Waals surface area contributed by atoms with Gasteiger partial charge in [-0.05, 0) is 30.7 Å². The van der Waals surface area contributed by atoms with Gasteiger partial charge in [-0.15, -0.1) is 12.4 Å². The Bertz CT molecular complexity index is 387. The van der Waals surface area contributed by atoms with Crippen molar-refractivity contribution >= 4 is 18.3 Å². The summed E-state index contributed by atoms with van der Waals surface area (Å²) in [5.74, 6) is -0.391. The van der Waals surface area contributed by atoms with Crippen molar-refractivity contribution in [2.24, 2.45) is 5.92 Å². The van der Waals surface area contributed by atoms with Crippen LogP contribution in [0.3, 0.4) is 0 Å². The zero-order valence-electron chi connectivity index (χ0n) is 11.4. The molecule has 2 N–H and O–H groups in total. The van der Waals surface area contributed by atoms with E-state index >= 15 is 0 Å². The highest BCUT2D eigenvalue weighted by molar-refractivity contribution is 5.85. The first-order chi connectivity index (χ1) is 8.63. The molecule has 1 aromatic rings. The molecule has 1 aromatic carbocycles. The minimum atomic E-state index is -0.257. The summed E-state index contributed by atoms with van der Waals surface area (Å²) in [6.07, 6.45) is 0.560. The van der Waals surface area contributed by atoms with Crippen molar-refractivity contribution in [1.82, 2.24) is 10.6 Å². The van der Waals surface area contributed by atoms with Gasteiger partial charge >= 0.3 is 0 Å². The van der Waals surface area contributed by atoms with Crippen LogP contribution in [0.5, 0.6) is 0 Å². The Balaban J connectivity index is 0.00000324. The highest BCUT2D eigenvalue weighted by Crippen LogP contribution is 2.10. The molecule has 0 saturated heterocycles. The van der Waals surface area contributed by atoms with Gasteiger partial charge in [0, 0.05) is 19.0 Å². The number of likely N-dealkylation sites (N-methyl/N-ethyl adjacent to an activating group) is 1. The quantitative estimate of drug-likeness (QED) is 0.755. The summed E-state index contributed by atoms with van der Waals surface area (Å²) in [5, 5.41) is 5.99. The second-order valence-electron chi connectivity index (χ2n) is 4.38. The molecule has 1 atom stereocenters. The van der Waals surface area contributed by atoms with Crippen LogP contribution in [0.2, 0.25) is 0 Å². The largest absolute Gasteiger partial charge is 0.355 e. The summed E-state index contributed by atoms with van der Waals surface area (Å²) in [7, 11) is 0. The molecule has 1 unspecified atom stereocenters. The lowest BCUT2D eigenvalue weighted by Gasteiger charge is -2.12. The number of hydrogen-bond donors (Lipinski definition) is 2. The predicted octanol–water partition coefficient (Wildman–Crippen LogP) is 2.15. The summed E-state index contributed by atoms with van der Waals surface area (Å²) in [6.45, 7) is 6.17. The third-order valence-corrected chi connectivity index (χ3v) is 2.73. The summed E-state index contributed by atoms with van der Waals surface area (Å²) < 4.78 is 13.0. The number of hydrogen-bond acceptors (Lipinski definition) is 2. The van der Waals surface area contributed by atoms with Crippen molar-refractivity contribution in [1.29, 1.82) is 0 Å². The average molecular weight is 289 g/mol. The van der Waals surface area contributed by atoms with E-state index in [9.17, 15) is 9.18 Å². The molecule has 0 radical (unpaired) electrons. The summed E-state index contributed by atoms with van der Waals surface area (Å²) in [4.78, 5) is 11.8. The number of amides is 1. The van der Waals surface area contributed by atoms with E-state index in [-0.39, 0.29) is 30.0 Å². The topological polar surface area (TPSA) is 41.1 Å². The van der Waals surface area contributed by atoms with Gasteiger partial charge in [0.25, 0.3) is 0 Å². The lowest BCUT2D eigenvalue weighted by molar-refractivity contribution is -0.124. The zero-order chi connectivity index (χ0) is 13.4. The molecule has 0 spiro atoms. The van der Waals surface area contributed by atoms with Crippen molar-refractivity contribution in [3.8, 4) is 0 Å². The normalized spacial score (nSPS) is 11.5. The number of nitrogens with one attached hydrogen (secondary N) is 2. The van der Waals surface area contributed by atoms with E-state index in [4.69, 9.17) is 0 Å². The van der Waals surface area contributed by atoms with Crippen molar-refractivity contribution in [2.45, 2.75) is 20.3 Å². The van der Waals surface area contributed by atoms with E-state index in [1.165, 1.54) is 12.1 Å². The van der Waals surface area contributed by atoms with Gasteiger partial charge in [-0.2, -0.15) is 0 Å². The molecular formula is C14H22ClFN2O. The second-order valence-corrected chi connectivity index (χ2v) is 4.38. The molecule has 0 bridgehead atoms. The molecule has 108 valence electrons. The molecule has 0 fully saturated rings. The van der Waals surface area contributed by atoms with Crippen LogP contribution in [-0.4, -0.2) is 25.5 Å². The lowest BCUT2D eigenvalue weighted by Crippen LogP contribution is -2.35. The molecule has 0 aliphatic heterocycles. The Morgan fingerprint density at radius 3 is 2.74 bits per heavy atom. The lowest BCUT2D eigenvalue weighted by atomic mass is 10.0. The van der Waals surface area contributed by atoms with E-state index in [1.807, 2.05) is 19.9 Å². The molecule has 19 heavy (non-hydrogen) atoms. The van der Waals surface area contributed by atoms with Gasteiger partial charge in [-0.25, -0.2) is 4.39 Å². The maximum absolute atomic E-state index is 13.0. The third-order valence-electron chi connectivity index (χ3n) is 2.73. The summed E-state index contributed by atoms with van der Waals surface area (Å²) >= 11 is 0. The SMILES string of the molecule is CCNCCNC(=O)C(C)Cc1cccc(F)c1.Cl. The van der Waals surface area contributed by atoms with Crippen LogP contribution in [0.25, 0.3) is 0 Å². The molecule has 0 heterocycles. The van der Waals surface area contributed by atoms with Crippen LogP contribution in [0.1, 0.15) is 19.4 Å². The van der Waals surface area contributed by atoms with Gasteiger partial charge in [0.15, 0.2) is 0 Å². The van der Waals surface area contributed by atoms with E-state index < -0.39 is 0 Å². The monoisotopic (exact) mass is 288 g/mol. The maximum Gasteiger partial charge on any atom is 0.223 e. The van der Waals surface area contributed by atoms with Crippen molar-refractivity contribution < 1.29 is 9.18 Å². The molecule has 1 amide bonds. The van der Waals surface area contributed by atoms with Crippen LogP contribution in [-0.2, 0) is 11.2 Å². The predicted molar refractivity (Wildman–Crippen MR) is 78.1 cm³/mol. The zero-order valence-corrected chi connectivity index (χ0v) is 12.2. The number of carbonyl (C=O) groups excluding carboxylic acids is 1. The smallest absolute Gasteiger partial charge is 0.223 e. The number of halogens is 2. The Labute approximate surface area is 120 Å². The highest BCUT2D eigenvalue weighted by atomic mass is 35.5. The van der Waals surface area contributed by atoms with E-state index in [0.29, 0.717) is 13.0 Å². The minimum Gasteiger partial charge on any atom is -0.355 e. The van der Waals surface area contributed by atoms with Gasteiger partial charge in [0.1, 0.15) is 5.82 Å².